The number of rotatable bonds is 3. The minimum Gasteiger partial charge on any atom is -0.471 e. The van der Waals surface area contributed by atoms with Gasteiger partial charge in [-0.05, 0) is 26.2 Å². The van der Waals surface area contributed by atoms with Crippen LogP contribution in [0.15, 0.2) is 10.6 Å². The molecule has 1 fully saturated rings. The second kappa shape index (κ2) is 7.85. The molecule has 0 bridgehead atoms. The number of fused-ring (bicyclic) bond motifs is 1. The van der Waals surface area contributed by atoms with Gasteiger partial charge >= 0.3 is 5.97 Å². The summed E-state index contributed by atoms with van der Waals surface area (Å²) in [5, 5.41) is 3.26. The van der Waals surface area contributed by atoms with Gasteiger partial charge in [0, 0.05) is 13.3 Å². The lowest BCUT2D eigenvalue weighted by Gasteiger charge is -2.51. The molecule has 0 spiro atoms. The number of hydrogen-bond donors (Lipinski definition) is 1. The van der Waals surface area contributed by atoms with Gasteiger partial charge in [0.15, 0.2) is 17.1 Å². The molecule has 0 radical (unpaired) electrons. The third-order valence-electron chi connectivity index (χ3n) is 5.29. The summed E-state index contributed by atoms with van der Waals surface area (Å²) in [7, 11) is 0. The number of carbonyl (C=O) groups excluding carboxylic acids is 2. The highest BCUT2D eigenvalue weighted by Gasteiger charge is 2.70. The third kappa shape index (κ3) is 3.08. The monoisotopic (exact) mass is 511 g/mol. The summed E-state index contributed by atoms with van der Waals surface area (Å²) in [6, 6.07) is 0. The van der Waals surface area contributed by atoms with Gasteiger partial charge in [0.2, 0.25) is 10.8 Å². The summed E-state index contributed by atoms with van der Waals surface area (Å²) >= 11 is 26.5. The van der Waals surface area contributed by atoms with Crippen LogP contribution in [0.3, 0.4) is 0 Å². The highest BCUT2D eigenvalue weighted by atomic mass is 35.5. The summed E-state index contributed by atoms with van der Waals surface area (Å²) in [4.78, 5) is 23.9. The Morgan fingerprint density at radius 3 is 2.23 bits per heavy atom. The van der Waals surface area contributed by atoms with Gasteiger partial charge < -0.3 is 19.5 Å². The van der Waals surface area contributed by atoms with E-state index in [1.807, 2.05) is 0 Å². The molecule has 2 aliphatic heterocycles. The van der Waals surface area contributed by atoms with Crippen molar-refractivity contribution < 1.29 is 23.8 Å². The highest BCUT2D eigenvalue weighted by molar-refractivity contribution is 8.04. The van der Waals surface area contributed by atoms with Gasteiger partial charge in [0.1, 0.15) is 15.6 Å². The fraction of sp³-hybridized carbons (Fsp3) is 0.474. The van der Waals surface area contributed by atoms with Crippen molar-refractivity contribution in [3.63, 3.8) is 0 Å². The number of thioether (sulfide) groups is 1. The summed E-state index contributed by atoms with van der Waals surface area (Å²) in [6.07, 6.45) is 2.58. The summed E-state index contributed by atoms with van der Waals surface area (Å²) in [6.45, 7) is 3.23. The number of amides is 1. The summed E-state index contributed by atoms with van der Waals surface area (Å²) < 4.78 is 18.2. The van der Waals surface area contributed by atoms with Crippen molar-refractivity contribution in [2.24, 2.45) is 0 Å². The molecule has 3 aliphatic rings. The Hall–Kier alpha value is -0.990. The third-order valence-corrected chi connectivity index (χ3v) is 8.52. The molecule has 4 rings (SSSR count). The summed E-state index contributed by atoms with van der Waals surface area (Å²) in [5.74, 6) is -0.651. The van der Waals surface area contributed by atoms with Gasteiger partial charge in [-0.15, -0.1) is 0 Å². The number of halogens is 4. The van der Waals surface area contributed by atoms with Crippen LogP contribution < -0.4 is 14.8 Å². The van der Waals surface area contributed by atoms with Gasteiger partial charge in [-0.2, -0.15) is 0 Å². The second-order valence-electron chi connectivity index (χ2n) is 7.11. The lowest BCUT2D eigenvalue weighted by Crippen LogP contribution is -2.62. The Balaban J connectivity index is 1.96. The molecule has 11 heteroatoms. The zero-order valence-corrected chi connectivity index (χ0v) is 19.8. The SMILES string of the molecule is CCOC(=O)C1=C(NC(C)=O)S[C@@]23CCCC[C@]12Oc1c(Cl)c(Cl)c(Cl)c(Cl)c1O3. The van der Waals surface area contributed by atoms with E-state index in [9.17, 15) is 9.59 Å². The lowest BCUT2D eigenvalue weighted by molar-refractivity contribution is -0.146. The minimum atomic E-state index is -1.24. The van der Waals surface area contributed by atoms with Crippen LogP contribution in [0.2, 0.25) is 20.1 Å². The van der Waals surface area contributed by atoms with Crippen molar-refractivity contribution >= 4 is 70.0 Å². The fourth-order valence-electron chi connectivity index (χ4n) is 4.13. The van der Waals surface area contributed by atoms with Crippen molar-refractivity contribution in [3.8, 4) is 11.5 Å². The Morgan fingerprint density at radius 1 is 1.03 bits per heavy atom. The number of ether oxygens (including phenoxy) is 3. The van der Waals surface area contributed by atoms with E-state index in [1.165, 1.54) is 18.7 Å². The lowest BCUT2D eigenvalue weighted by atomic mass is 9.75. The van der Waals surface area contributed by atoms with Crippen LogP contribution >= 0.6 is 58.2 Å². The molecule has 0 unspecified atom stereocenters. The quantitative estimate of drug-likeness (QED) is 0.316. The van der Waals surface area contributed by atoms with Crippen LogP contribution in [-0.4, -0.2) is 29.0 Å². The molecule has 2 atom stereocenters. The zero-order valence-electron chi connectivity index (χ0n) is 16.0. The average molecular weight is 513 g/mol. The Kier molecular flexibility index (Phi) is 5.81. The molecule has 1 N–H and O–H groups in total. The highest BCUT2D eigenvalue weighted by Crippen LogP contribution is 2.67. The second-order valence-corrected chi connectivity index (χ2v) is 9.90. The molecule has 1 saturated carbocycles. The predicted octanol–water partition coefficient (Wildman–Crippen LogP) is 5.74. The Labute approximate surface area is 197 Å². The van der Waals surface area contributed by atoms with Crippen molar-refractivity contribution in [1.82, 2.24) is 5.32 Å². The molecular weight excluding hydrogens is 496 g/mol. The van der Waals surface area contributed by atoms with E-state index in [0.717, 1.165) is 12.8 Å². The minimum absolute atomic E-state index is 0.0276. The topological polar surface area (TPSA) is 73.9 Å². The standard InChI is InChI=1S/C19H17Cl4NO5S/c1-3-27-17(26)9-16(24-8(2)25)30-19-7-5-4-6-18(9,19)28-14-12(22)10(20)11(21)13(23)15(14)29-19/h3-7H2,1-2H3,(H,24,25)/t18-,19-/m0/s1. The smallest absolute Gasteiger partial charge is 0.340 e. The van der Waals surface area contributed by atoms with Crippen molar-refractivity contribution in [2.45, 2.75) is 50.1 Å². The van der Waals surface area contributed by atoms with Crippen LogP contribution in [0.25, 0.3) is 0 Å². The number of nitrogens with one attached hydrogen (secondary N) is 1. The first kappa shape index (κ1) is 22.2. The molecule has 0 aromatic heterocycles. The fourth-order valence-corrected chi connectivity index (χ4v) is 6.68. The van der Waals surface area contributed by atoms with Crippen LogP contribution in [0, 0.1) is 0 Å². The molecule has 1 aromatic rings. The van der Waals surface area contributed by atoms with Gasteiger partial charge in [-0.3, -0.25) is 4.79 Å². The number of benzene rings is 1. The van der Waals surface area contributed by atoms with Crippen molar-refractivity contribution in [1.29, 1.82) is 0 Å². The first-order chi connectivity index (χ1) is 14.2. The van der Waals surface area contributed by atoms with Crippen molar-refractivity contribution in [2.75, 3.05) is 6.61 Å². The molecule has 162 valence electrons. The molecule has 30 heavy (non-hydrogen) atoms. The van der Waals surface area contributed by atoms with Crippen LogP contribution in [0.1, 0.15) is 39.5 Å². The maximum absolute atomic E-state index is 13.0. The average Bonchev–Trinajstić information content (AvgIpc) is 2.98. The zero-order chi connectivity index (χ0) is 21.8. The van der Waals surface area contributed by atoms with Crippen LogP contribution in [-0.2, 0) is 14.3 Å². The number of hydrogen-bond acceptors (Lipinski definition) is 6. The number of carbonyl (C=O) groups is 2. The van der Waals surface area contributed by atoms with E-state index in [1.54, 1.807) is 6.92 Å². The summed E-state index contributed by atoms with van der Waals surface area (Å²) in [5.41, 5.74) is -1.04. The predicted molar refractivity (Wildman–Crippen MR) is 117 cm³/mol. The molecule has 1 aliphatic carbocycles. The first-order valence-electron chi connectivity index (χ1n) is 9.30. The molecule has 0 saturated heterocycles. The van der Waals surface area contributed by atoms with Crippen molar-refractivity contribution in [3.05, 3.63) is 30.7 Å². The number of esters is 1. The Bertz CT molecular complexity index is 1000. The van der Waals surface area contributed by atoms with Gasteiger partial charge in [-0.25, -0.2) is 4.79 Å². The molecule has 2 heterocycles. The molecule has 1 amide bonds. The van der Waals surface area contributed by atoms with E-state index < -0.39 is 16.5 Å². The van der Waals surface area contributed by atoms with E-state index in [2.05, 4.69) is 5.32 Å². The van der Waals surface area contributed by atoms with Gasteiger partial charge in [0.05, 0.1) is 21.7 Å². The van der Waals surface area contributed by atoms with Crippen LogP contribution in [0.5, 0.6) is 11.5 Å². The van der Waals surface area contributed by atoms with E-state index >= 15 is 0 Å². The van der Waals surface area contributed by atoms with E-state index in [4.69, 9.17) is 60.6 Å². The molecular formula is C19H17Cl4NO5S. The van der Waals surface area contributed by atoms with Crippen LogP contribution in [0.4, 0.5) is 0 Å². The van der Waals surface area contributed by atoms with E-state index in [-0.39, 0.29) is 49.7 Å². The molecule has 6 nitrogen and oxygen atoms in total. The first-order valence-corrected chi connectivity index (χ1v) is 11.6. The maximum atomic E-state index is 13.0. The van der Waals surface area contributed by atoms with Gasteiger partial charge in [-0.1, -0.05) is 58.2 Å². The van der Waals surface area contributed by atoms with E-state index in [0.29, 0.717) is 17.9 Å². The maximum Gasteiger partial charge on any atom is 0.340 e. The largest absolute Gasteiger partial charge is 0.471 e. The van der Waals surface area contributed by atoms with Gasteiger partial charge in [0.25, 0.3) is 0 Å². The Morgan fingerprint density at radius 2 is 1.63 bits per heavy atom. The normalized spacial score (nSPS) is 26.7. The molecule has 1 aromatic carbocycles.